The summed E-state index contributed by atoms with van der Waals surface area (Å²) in [5.41, 5.74) is 2.48. The summed E-state index contributed by atoms with van der Waals surface area (Å²) >= 11 is 0. The van der Waals surface area contributed by atoms with Crippen LogP contribution in [0.3, 0.4) is 0 Å². The van der Waals surface area contributed by atoms with E-state index in [1.54, 1.807) is 79.8 Å². The number of hydrogen-bond acceptors (Lipinski definition) is 9. The van der Waals surface area contributed by atoms with Crippen molar-refractivity contribution in [1.29, 1.82) is 0 Å². The van der Waals surface area contributed by atoms with Crippen LogP contribution in [-0.2, 0) is 4.74 Å². The number of nitrogens with zero attached hydrogens (tertiary/aromatic N) is 6. The largest absolute Gasteiger partial charge is 0.506 e. The van der Waals surface area contributed by atoms with Crippen LogP contribution in [0, 0.1) is 5.82 Å². The lowest BCUT2D eigenvalue weighted by molar-refractivity contribution is 0.0541. The van der Waals surface area contributed by atoms with Gasteiger partial charge in [0, 0.05) is 74.1 Å². The summed E-state index contributed by atoms with van der Waals surface area (Å²) in [6.07, 6.45) is 3.01. The van der Waals surface area contributed by atoms with Crippen molar-refractivity contribution in [2.45, 2.75) is 0 Å². The molecule has 1 aliphatic rings. The molecule has 0 spiro atoms. The third kappa shape index (κ3) is 6.66. The molecular weight excluding hydrogens is 627 g/mol. The van der Waals surface area contributed by atoms with Crippen LogP contribution in [0.4, 0.5) is 10.2 Å². The van der Waals surface area contributed by atoms with Gasteiger partial charge in [0.2, 0.25) is 0 Å². The molecule has 0 bridgehead atoms. The number of halogens is 1. The van der Waals surface area contributed by atoms with Gasteiger partial charge in [0.1, 0.15) is 18.2 Å². The highest BCUT2D eigenvalue weighted by atomic mass is 19.1. The van der Waals surface area contributed by atoms with Gasteiger partial charge in [0.15, 0.2) is 11.5 Å². The van der Waals surface area contributed by atoms with Crippen molar-refractivity contribution >= 4 is 34.4 Å². The molecule has 2 aromatic heterocycles. The molecule has 3 aromatic carbocycles. The minimum absolute atomic E-state index is 0.0816. The van der Waals surface area contributed by atoms with Gasteiger partial charge in [-0.3, -0.25) is 14.6 Å². The van der Waals surface area contributed by atoms with Crippen LogP contribution < -0.4 is 4.90 Å². The van der Waals surface area contributed by atoms with E-state index in [0.717, 1.165) is 5.39 Å². The number of pyridine rings is 1. The number of aromatic hydroxyl groups is 1. The number of hydrogen-bond donors (Lipinski definition) is 1. The molecular formula is C37H33FN6O5. The number of phenolic OH excluding ortho intramolecular Hbond substituents is 1. The zero-order valence-corrected chi connectivity index (χ0v) is 27.0. The van der Waals surface area contributed by atoms with E-state index < -0.39 is 11.8 Å². The quantitative estimate of drug-likeness (QED) is 0.176. The highest BCUT2D eigenvalue weighted by Gasteiger charge is 2.25. The highest BCUT2D eigenvalue weighted by Crippen LogP contribution is 2.37. The summed E-state index contributed by atoms with van der Waals surface area (Å²) < 4.78 is 20.4. The van der Waals surface area contributed by atoms with Crippen molar-refractivity contribution < 1.29 is 28.6 Å². The molecule has 5 aromatic rings. The first-order valence-electron chi connectivity index (χ1n) is 15.5. The molecule has 1 aliphatic heterocycles. The Morgan fingerprint density at radius 1 is 0.939 bits per heavy atom. The van der Waals surface area contributed by atoms with E-state index in [9.17, 15) is 19.5 Å². The summed E-state index contributed by atoms with van der Waals surface area (Å²) in [6.45, 7) is 5.35. The number of piperazine rings is 1. The molecule has 11 nitrogen and oxygen atoms in total. The van der Waals surface area contributed by atoms with Crippen molar-refractivity contribution in [1.82, 2.24) is 25.0 Å². The number of fused-ring (bicyclic) bond motifs is 1. The van der Waals surface area contributed by atoms with Crippen molar-refractivity contribution in [3.63, 3.8) is 0 Å². The molecule has 0 radical (unpaired) electrons. The highest BCUT2D eigenvalue weighted by molar-refractivity contribution is 6.08. The van der Waals surface area contributed by atoms with Gasteiger partial charge in [-0.05, 0) is 41.8 Å². The lowest BCUT2D eigenvalue weighted by atomic mass is 9.96. The number of carbonyl (C=O) groups excluding carboxylic acids is 3. The SMILES string of the molecule is C=CCOC(=O)c1ccc(N2CCN(C(=O)c3ccc(-c4ccc(-c5cc(C(=O)N(C)C)c(O)c6ccccc56)nc4)c(F)c3)CC2)nn1. The Kier molecular flexibility index (Phi) is 9.29. The number of phenols is 1. The molecule has 0 atom stereocenters. The number of amides is 2. The van der Waals surface area contributed by atoms with Crippen molar-refractivity contribution in [3.8, 4) is 28.1 Å². The first-order chi connectivity index (χ1) is 23.7. The Morgan fingerprint density at radius 2 is 1.69 bits per heavy atom. The van der Waals surface area contributed by atoms with Crippen LogP contribution >= 0.6 is 0 Å². The van der Waals surface area contributed by atoms with Gasteiger partial charge in [0.05, 0.1) is 11.3 Å². The number of aromatic nitrogens is 3. The second-order valence-corrected chi connectivity index (χ2v) is 11.6. The molecule has 0 aliphatic carbocycles. The lowest BCUT2D eigenvalue weighted by Crippen LogP contribution is -2.49. The predicted molar refractivity (Wildman–Crippen MR) is 183 cm³/mol. The molecule has 12 heteroatoms. The maximum atomic E-state index is 15.5. The first kappa shape index (κ1) is 32.8. The Bertz CT molecular complexity index is 2060. The summed E-state index contributed by atoms with van der Waals surface area (Å²) in [5, 5.41) is 20.2. The standard InChI is InChI=1S/C37H33FN6O5/c1-4-19-49-37(48)32-13-14-33(41-40-32)43-15-17-44(18-16-43)35(46)23-9-11-25(30(38)20-23)24-10-12-31(39-22-24)28-21-29(36(47)42(2)3)34(45)27-8-6-5-7-26(27)28/h4-14,20-22,45H,1,15-19H2,2-3H3. The first-order valence-corrected chi connectivity index (χ1v) is 15.5. The maximum absolute atomic E-state index is 15.5. The number of rotatable bonds is 8. The summed E-state index contributed by atoms with van der Waals surface area (Å²) in [7, 11) is 3.23. The van der Waals surface area contributed by atoms with Crippen LogP contribution in [0.15, 0.2) is 91.6 Å². The van der Waals surface area contributed by atoms with Gasteiger partial charge >= 0.3 is 5.97 Å². The van der Waals surface area contributed by atoms with Crippen molar-refractivity contribution in [2.24, 2.45) is 0 Å². The zero-order valence-electron chi connectivity index (χ0n) is 27.0. The molecule has 1 N–H and O–H groups in total. The minimum atomic E-state index is -0.586. The molecule has 1 fully saturated rings. The third-order valence-corrected chi connectivity index (χ3v) is 8.30. The van der Waals surface area contributed by atoms with Gasteiger partial charge in [-0.25, -0.2) is 9.18 Å². The van der Waals surface area contributed by atoms with E-state index in [1.165, 1.54) is 17.0 Å². The number of carbonyl (C=O) groups is 3. The van der Waals surface area contributed by atoms with Crippen molar-refractivity contribution in [2.75, 3.05) is 51.8 Å². The van der Waals surface area contributed by atoms with Crippen LogP contribution in [0.2, 0.25) is 0 Å². The average molecular weight is 661 g/mol. The summed E-state index contributed by atoms with van der Waals surface area (Å²) in [6, 6.07) is 19.9. The van der Waals surface area contributed by atoms with Gasteiger partial charge in [-0.15, -0.1) is 10.2 Å². The van der Waals surface area contributed by atoms with Crippen LogP contribution in [0.5, 0.6) is 5.75 Å². The molecule has 49 heavy (non-hydrogen) atoms. The fourth-order valence-electron chi connectivity index (χ4n) is 5.70. The second kappa shape index (κ2) is 13.9. The Morgan fingerprint density at radius 3 is 2.33 bits per heavy atom. The van der Waals surface area contributed by atoms with Gasteiger partial charge in [0.25, 0.3) is 11.8 Å². The topological polar surface area (TPSA) is 129 Å². The lowest BCUT2D eigenvalue weighted by Gasteiger charge is -2.35. The van der Waals surface area contributed by atoms with Crippen molar-refractivity contribution in [3.05, 3.63) is 114 Å². The number of ether oxygens (including phenoxy) is 1. The van der Waals surface area contributed by atoms with Gasteiger partial charge in [-0.1, -0.05) is 49.1 Å². The molecule has 2 amide bonds. The second-order valence-electron chi connectivity index (χ2n) is 11.6. The fraction of sp³-hybridized carbons (Fsp3) is 0.189. The average Bonchev–Trinajstić information content (AvgIpc) is 3.13. The summed E-state index contributed by atoms with van der Waals surface area (Å²) in [5.74, 6) is -1.30. The zero-order chi connectivity index (χ0) is 34.7. The van der Waals surface area contributed by atoms with E-state index in [4.69, 9.17) is 4.74 Å². The Hall–Kier alpha value is -6.17. The normalized spacial score (nSPS) is 12.9. The van der Waals surface area contributed by atoms with Crippen LogP contribution in [-0.4, -0.2) is 94.8 Å². The Labute approximate surface area is 281 Å². The van der Waals surface area contributed by atoms with E-state index in [2.05, 4.69) is 21.8 Å². The molecule has 3 heterocycles. The van der Waals surface area contributed by atoms with E-state index >= 15 is 4.39 Å². The molecule has 1 saturated heterocycles. The van der Waals surface area contributed by atoms with E-state index in [0.29, 0.717) is 54.2 Å². The molecule has 0 saturated carbocycles. The summed E-state index contributed by atoms with van der Waals surface area (Å²) in [4.78, 5) is 47.7. The molecule has 248 valence electrons. The fourth-order valence-corrected chi connectivity index (χ4v) is 5.70. The van der Waals surface area contributed by atoms with E-state index in [-0.39, 0.29) is 46.6 Å². The predicted octanol–water partition coefficient (Wildman–Crippen LogP) is 5.21. The number of benzene rings is 3. The third-order valence-electron chi connectivity index (χ3n) is 8.30. The van der Waals surface area contributed by atoms with Crippen LogP contribution in [0.25, 0.3) is 33.2 Å². The smallest absolute Gasteiger partial charge is 0.359 e. The maximum Gasteiger partial charge on any atom is 0.359 e. The van der Waals surface area contributed by atoms with Gasteiger partial charge in [-0.2, -0.15) is 0 Å². The Balaban J connectivity index is 1.15. The van der Waals surface area contributed by atoms with Crippen LogP contribution in [0.1, 0.15) is 31.2 Å². The number of esters is 1. The van der Waals surface area contributed by atoms with E-state index in [1.807, 2.05) is 17.0 Å². The molecule has 0 unspecified atom stereocenters. The van der Waals surface area contributed by atoms with Gasteiger partial charge < -0.3 is 24.5 Å². The monoisotopic (exact) mass is 660 g/mol. The minimum Gasteiger partial charge on any atom is -0.506 e. The molecule has 6 rings (SSSR count). The number of anilines is 1.